The molecule has 2 N–H and O–H groups in total. The van der Waals surface area contributed by atoms with Crippen LogP contribution in [0.4, 0.5) is 0 Å². The van der Waals surface area contributed by atoms with Crippen molar-refractivity contribution in [2.24, 2.45) is 5.92 Å². The van der Waals surface area contributed by atoms with Gasteiger partial charge in [-0.1, -0.05) is 13.8 Å². The molecule has 0 bridgehead atoms. The number of H-pyrrole nitrogens is 1. The van der Waals surface area contributed by atoms with E-state index in [4.69, 9.17) is 4.74 Å². The molecule has 0 aliphatic carbocycles. The number of hydrogen-bond donors (Lipinski definition) is 2. The molecule has 0 radical (unpaired) electrons. The first-order valence-electron chi connectivity index (χ1n) is 8.29. The Morgan fingerprint density at radius 1 is 1.29 bits per heavy atom. The molecule has 0 saturated carbocycles. The van der Waals surface area contributed by atoms with Crippen molar-refractivity contribution in [2.75, 3.05) is 7.11 Å². The Hall–Kier alpha value is -2.30. The number of ether oxygens (including phenoxy) is 1. The van der Waals surface area contributed by atoms with Gasteiger partial charge in [-0.2, -0.15) is 0 Å². The molecular formula is C19H26N2O3. The van der Waals surface area contributed by atoms with E-state index in [2.05, 4.69) is 10.3 Å². The summed E-state index contributed by atoms with van der Waals surface area (Å²) in [5.74, 6) is -0.424. The molecule has 2 heterocycles. The summed E-state index contributed by atoms with van der Waals surface area (Å²) in [7, 11) is 1.41. The molecule has 0 spiro atoms. The number of hydrogen-bond acceptors (Lipinski definition) is 3. The summed E-state index contributed by atoms with van der Waals surface area (Å²) in [5, 5.41) is 2.93. The summed E-state index contributed by atoms with van der Waals surface area (Å²) in [6, 6.07) is 0. The minimum Gasteiger partial charge on any atom is -0.469 e. The van der Waals surface area contributed by atoms with Crippen molar-refractivity contribution in [3.05, 3.63) is 39.4 Å². The van der Waals surface area contributed by atoms with Gasteiger partial charge in [0.1, 0.15) is 0 Å². The Morgan fingerprint density at radius 2 is 1.96 bits per heavy atom. The minimum absolute atomic E-state index is 0.0291. The lowest BCUT2D eigenvalue weighted by Gasteiger charge is -2.09. The van der Waals surface area contributed by atoms with Crippen LogP contribution in [0.3, 0.4) is 0 Å². The number of aryl methyl sites for hydroxylation is 1. The zero-order valence-corrected chi connectivity index (χ0v) is 15.3. The molecule has 24 heavy (non-hydrogen) atoms. The third kappa shape index (κ3) is 3.30. The maximum Gasteiger partial charge on any atom is 0.308 e. The van der Waals surface area contributed by atoms with E-state index in [1.54, 1.807) is 0 Å². The van der Waals surface area contributed by atoms with Crippen LogP contribution in [0.5, 0.6) is 0 Å². The van der Waals surface area contributed by atoms with Crippen LogP contribution in [-0.2, 0) is 20.7 Å². The van der Waals surface area contributed by atoms with E-state index in [9.17, 15) is 9.59 Å². The predicted octanol–water partition coefficient (Wildman–Crippen LogP) is 3.18. The lowest BCUT2D eigenvalue weighted by Crippen LogP contribution is -2.16. The monoisotopic (exact) mass is 330 g/mol. The van der Waals surface area contributed by atoms with Crippen LogP contribution < -0.4 is 5.32 Å². The summed E-state index contributed by atoms with van der Waals surface area (Å²) in [6.07, 6.45) is 3.43. The molecule has 1 aromatic rings. The van der Waals surface area contributed by atoms with E-state index in [-0.39, 0.29) is 17.8 Å². The van der Waals surface area contributed by atoms with Gasteiger partial charge >= 0.3 is 5.97 Å². The Kier molecular flexibility index (Phi) is 5.32. The number of aromatic amines is 1. The van der Waals surface area contributed by atoms with Crippen molar-refractivity contribution in [2.45, 2.75) is 47.5 Å². The van der Waals surface area contributed by atoms with Gasteiger partial charge in [-0.05, 0) is 56.4 Å². The largest absolute Gasteiger partial charge is 0.469 e. The lowest BCUT2D eigenvalue weighted by atomic mass is 9.97. The zero-order chi connectivity index (χ0) is 18.0. The fourth-order valence-electron chi connectivity index (χ4n) is 3.21. The van der Waals surface area contributed by atoms with Crippen LogP contribution in [0.2, 0.25) is 0 Å². The van der Waals surface area contributed by atoms with Crippen molar-refractivity contribution in [1.29, 1.82) is 0 Å². The van der Waals surface area contributed by atoms with Crippen LogP contribution in [0, 0.1) is 19.8 Å². The molecule has 0 unspecified atom stereocenters. The Morgan fingerprint density at radius 3 is 2.54 bits per heavy atom. The van der Waals surface area contributed by atoms with Gasteiger partial charge in [-0.3, -0.25) is 9.59 Å². The molecule has 1 aliphatic rings. The average Bonchev–Trinajstić information content (AvgIpc) is 2.97. The fraction of sp³-hybridized carbons (Fsp3) is 0.474. The van der Waals surface area contributed by atoms with E-state index >= 15 is 0 Å². The van der Waals surface area contributed by atoms with Gasteiger partial charge in [0.05, 0.1) is 13.0 Å². The average molecular weight is 330 g/mol. The van der Waals surface area contributed by atoms with Crippen LogP contribution in [0.1, 0.15) is 49.7 Å². The van der Waals surface area contributed by atoms with E-state index in [1.165, 1.54) is 7.11 Å². The number of nitrogens with one attached hydrogen (secondary N) is 2. The third-order valence-electron chi connectivity index (χ3n) is 4.75. The van der Waals surface area contributed by atoms with E-state index in [0.717, 1.165) is 45.8 Å². The highest BCUT2D eigenvalue weighted by molar-refractivity contribution is 6.00. The van der Waals surface area contributed by atoms with Crippen LogP contribution >= 0.6 is 0 Å². The smallest absolute Gasteiger partial charge is 0.308 e. The first kappa shape index (κ1) is 18.0. The Bertz CT molecular complexity index is 738. The van der Waals surface area contributed by atoms with Crippen molar-refractivity contribution >= 4 is 18.0 Å². The van der Waals surface area contributed by atoms with Gasteiger partial charge in [0.15, 0.2) is 0 Å². The van der Waals surface area contributed by atoms with Gasteiger partial charge in [-0.15, -0.1) is 0 Å². The maximum absolute atomic E-state index is 11.9. The van der Waals surface area contributed by atoms with Gasteiger partial charge in [-0.25, -0.2) is 0 Å². The number of rotatable bonds is 5. The minimum atomic E-state index is -0.204. The fourth-order valence-corrected chi connectivity index (χ4v) is 3.21. The molecule has 130 valence electrons. The molecule has 2 rings (SSSR count). The van der Waals surface area contributed by atoms with Crippen LogP contribution in [-0.4, -0.2) is 24.0 Å². The number of allylic oxidation sites excluding steroid dienone is 1. The molecule has 5 heteroatoms. The summed E-state index contributed by atoms with van der Waals surface area (Å²) in [4.78, 5) is 26.9. The van der Waals surface area contributed by atoms with E-state index in [0.29, 0.717) is 6.42 Å². The van der Waals surface area contributed by atoms with Crippen LogP contribution in [0.25, 0.3) is 6.08 Å². The molecule has 0 saturated heterocycles. The predicted molar refractivity (Wildman–Crippen MR) is 94.3 cm³/mol. The molecule has 1 atom stereocenters. The summed E-state index contributed by atoms with van der Waals surface area (Å²) < 4.78 is 4.82. The van der Waals surface area contributed by atoms with Crippen molar-refractivity contribution in [1.82, 2.24) is 10.3 Å². The maximum atomic E-state index is 11.9. The van der Waals surface area contributed by atoms with Gasteiger partial charge < -0.3 is 15.0 Å². The van der Waals surface area contributed by atoms with E-state index in [1.807, 2.05) is 40.7 Å². The molecule has 1 amide bonds. The second-order valence-corrected chi connectivity index (χ2v) is 6.36. The number of carbonyl (C=O) groups excluding carboxylic acids is 2. The van der Waals surface area contributed by atoms with Gasteiger partial charge in [0.25, 0.3) is 5.91 Å². The molecule has 0 fully saturated rings. The quantitative estimate of drug-likeness (QED) is 0.815. The second-order valence-electron chi connectivity index (χ2n) is 6.36. The standard InChI is InChI=1S/C19H26N2O3/c1-7-14-12(4)18(22)21-17(14)9-16-11(3)15(13(5)20-16)8-10(2)19(23)24-6/h9-10,20H,7-8H2,1-6H3,(H,21,22)/b17-9-/t10-/m1/s1. The Balaban J connectivity index is 2.34. The second kappa shape index (κ2) is 7.07. The highest BCUT2D eigenvalue weighted by atomic mass is 16.5. The number of methoxy groups -OCH3 is 1. The third-order valence-corrected chi connectivity index (χ3v) is 4.75. The Labute approximate surface area is 143 Å². The van der Waals surface area contributed by atoms with Crippen molar-refractivity contribution < 1.29 is 14.3 Å². The zero-order valence-electron chi connectivity index (χ0n) is 15.3. The SMILES string of the molecule is CCC1=C(C)C(=O)N/C1=C\c1[nH]c(C)c(C[C@@H](C)C(=O)OC)c1C. The summed E-state index contributed by atoms with van der Waals surface area (Å²) in [6.45, 7) is 9.81. The first-order chi connectivity index (χ1) is 11.3. The topological polar surface area (TPSA) is 71.2 Å². The summed E-state index contributed by atoms with van der Waals surface area (Å²) in [5.41, 5.74) is 6.93. The number of aromatic nitrogens is 1. The molecule has 1 aliphatic heterocycles. The van der Waals surface area contributed by atoms with Crippen LogP contribution in [0.15, 0.2) is 16.8 Å². The van der Waals surface area contributed by atoms with Crippen molar-refractivity contribution in [3.63, 3.8) is 0 Å². The number of amides is 1. The first-order valence-corrected chi connectivity index (χ1v) is 8.29. The summed E-state index contributed by atoms with van der Waals surface area (Å²) >= 11 is 0. The molecule has 1 aromatic heterocycles. The molecule has 0 aromatic carbocycles. The molecular weight excluding hydrogens is 304 g/mol. The molecule has 5 nitrogen and oxygen atoms in total. The normalized spacial score (nSPS) is 17.4. The van der Waals surface area contributed by atoms with Gasteiger partial charge in [0.2, 0.25) is 0 Å². The number of esters is 1. The highest BCUT2D eigenvalue weighted by Gasteiger charge is 2.23. The van der Waals surface area contributed by atoms with Gasteiger partial charge in [0, 0.05) is 22.7 Å². The highest BCUT2D eigenvalue weighted by Crippen LogP contribution is 2.28. The lowest BCUT2D eigenvalue weighted by molar-refractivity contribution is -0.144. The van der Waals surface area contributed by atoms with Crippen molar-refractivity contribution in [3.8, 4) is 0 Å². The van der Waals surface area contributed by atoms with E-state index < -0.39 is 0 Å². The number of carbonyl (C=O) groups is 2.